The molecule has 0 saturated carbocycles. The third kappa shape index (κ3) is 6.36. The van der Waals surface area contributed by atoms with Crippen LogP contribution in [0.1, 0.15) is 72.9 Å². The zero-order valence-corrected chi connectivity index (χ0v) is 19.3. The van der Waals surface area contributed by atoms with Gasteiger partial charge in [0.05, 0.1) is 36.1 Å². The van der Waals surface area contributed by atoms with E-state index in [9.17, 15) is 19.8 Å². The lowest BCUT2D eigenvalue weighted by atomic mass is 9.86. The summed E-state index contributed by atoms with van der Waals surface area (Å²) in [6.45, 7) is 10.9. The fourth-order valence-corrected chi connectivity index (χ4v) is 4.03. The lowest BCUT2D eigenvalue weighted by Crippen LogP contribution is -2.51. The molecule has 0 saturated heterocycles. The Morgan fingerprint density at radius 3 is 2.55 bits per heavy atom. The Kier molecular flexibility index (Phi) is 8.36. The third-order valence-corrected chi connectivity index (χ3v) is 5.74. The molecule has 0 aliphatic heterocycles. The monoisotopic (exact) mass is 436 g/mol. The number of hydrogen-bond donors (Lipinski definition) is 3. The summed E-state index contributed by atoms with van der Waals surface area (Å²) >= 11 is 0. The molecule has 31 heavy (non-hydrogen) atoms. The van der Waals surface area contributed by atoms with E-state index in [1.165, 1.54) is 11.6 Å². The number of aliphatic hydroxyl groups is 1. The van der Waals surface area contributed by atoms with Crippen LogP contribution in [0.25, 0.3) is 5.70 Å². The van der Waals surface area contributed by atoms with Gasteiger partial charge < -0.3 is 20.3 Å². The van der Waals surface area contributed by atoms with Crippen LogP contribution in [-0.4, -0.2) is 55.3 Å². The first-order chi connectivity index (χ1) is 14.5. The number of aromatic nitrogens is 3. The Morgan fingerprint density at radius 1 is 1.39 bits per heavy atom. The van der Waals surface area contributed by atoms with E-state index in [0.717, 1.165) is 19.3 Å². The van der Waals surface area contributed by atoms with Gasteiger partial charge in [-0.05, 0) is 45.1 Å². The molecule has 1 aliphatic rings. The van der Waals surface area contributed by atoms with Gasteiger partial charge in [-0.3, -0.25) is 9.59 Å². The van der Waals surface area contributed by atoms with Gasteiger partial charge in [-0.1, -0.05) is 32.4 Å². The number of ether oxygens (including phenoxy) is 1. The quantitative estimate of drug-likeness (QED) is 0.514. The van der Waals surface area contributed by atoms with Crippen LogP contribution in [0.3, 0.4) is 0 Å². The minimum absolute atomic E-state index is 0.0577. The Balaban J connectivity index is 2.46. The first kappa shape index (κ1) is 25.0. The van der Waals surface area contributed by atoms with Gasteiger partial charge in [-0.25, -0.2) is 4.68 Å². The molecule has 1 aromatic rings. The fraction of sp³-hybridized carbons (Fsp3) is 0.727. The van der Waals surface area contributed by atoms with Gasteiger partial charge in [-0.2, -0.15) is 0 Å². The number of nitrogens with one attached hydrogen (secondary N) is 1. The molecule has 9 nitrogen and oxygen atoms in total. The van der Waals surface area contributed by atoms with E-state index in [2.05, 4.69) is 29.5 Å². The second kappa shape index (κ2) is 10.4. The summed E-state index contributed by atoms with van der Waals surface area (Å²) in [4.78, 5) is 23.9. The highest BCUT2D eigenvalue weighted by Crippen LogP contribution is 2.32. The number of carbonyl (C=O) groups excluding carboxylic acids is 1. The van der Waals surface area contributed by atoms with E-state index in [4.69, 9.17) is 4.74 Å². The molecule has 1 aliphatic carbocycles. The van der Waals surface area contributed by atoms with E-state index in [0.29, 0.717) is 17.3 Å². The number of carbonyl (C=O) groups is 2. The van der Waals surface area contributed by atoms with E-state index in [1.807, 2.05) is 6.92 Å². The minimum atomic E-state index is -1.21. The second-order valence-electron chi connectivity index (χ2n) is 8.94. The van der Waals surface area contributed by atoms with Gasteiger partial charge in [0.15, 0.2) is 0 Å². The topological polar surface area (TPSA) is 127 Å². The van der Waals surface area contributed by atoms with Crippen molar-refractivity contribution in [2.75, 3.05) is 0 Å². The summed E-state index contributed by atoms with van der Waals surface area (Å²) < 4.78 is 7.87. The number of aliphatic carboxylic acids is 1. The van der Waals surface area contributed by atoms with Crippen molar-refractivity contribution in [2.24, 2.45) is 11.8 Å². The minimum Gasteiger partial charge on any atom is -0.481 e. The first-order valence-corrected chi connectivity index (χ1v) is 11.0. The molecule has 174 valence electrons. The third-order valence-electron chi connectivity index (χ3n) is 5.74. The Bertz CT molecular complexity index is 798. The van der Waals surface area contributed by atoms with Gasteiger partial charge in [-0.15, -0.1) is 5.10 Å². The van der Waals surface area contributed by atoms with Crippen LogP contribution in [0.5, 0.6) is 0 Å². The molecule has 0 spiro atoms. The number of rotatable bonds is 10. The van der Waals surface area contributed by atoms with E-state index in [-0.39, 0.29) is 18.4 Å². The molecule has 9 heteroatoms. The van der Waals surface area contributed by atoms with Crippen LogP contribution < -0.4 is 5.32 Å². The van der Waals surface area contributed by atoms with Crippen molar-refractivity contribution in [3.63, 3.8) is 0 Å². The maximum atomic E-state index is 12.0. The van der Waals surface area contributed by atoms with Gasteiger partial charge in [0.25, 0.3) is 0 Å². The van der Waals surface area contributed by atoms with Crippen LogP contribution in [0, 0.1) is 11.8 Å². The average Bonchev–Trinajstić information content (AvgIpc) is 3.17. The van der Waals surface area contributed by atoms with Crippen molar-refractivity contribution >= 4 is 17.6 Å². The molecule has 0 fully saturated rings. The SMILES string of the molecule is CCCC(C)C(CC)O[C@@H]1CC(C(=O)O)C=C(n2cc(C(C)(C)O)nn2)[C@H]1NC(C)=O. The normalized spacial score (nSPS) is 23.7. The van der Waals surface area contributed by atoms with Gasteiger partial charge in [0.1, 0.15) is 11.3 Å². The van der Waals surface area contributed by atoms with Crippen molar-refractivity contribution < 1.29 is 24.5 Å². The highest BCUT2D eigenvalue weighted by atomic mass is 16.5. The summed E-state index contributed by atoms with van der Waals surface area (Å²) in [5.41, 5.74) is -0.394. The van der Waals surface area contributed by atoms with Crippen molar-refractivity contribution in [2.45, 2.75) is 91.1 Å². The standard InChI is InChI=1S/C22H36N4O5/c1-7-9-13(3)17(8-2)31-18-11-15(21(28)29)10-16(20(18)23-14(4)27)26-12-19(24-25-26)22(5,6)30/h10,12-13,15,17-18,20,30H,7-9,11H2,1-6H3,(H,23,27)(H,28,29)/t13?,15?,17?,18-,20-/m1/s1. The average molecular weight is 437 g/mol. The summed E-state index contributed by atoms with van der Waals surface area (Å²) in [6.07, 6.45) is 5.60. The first-order valence-electron chi connectivity index (χ1n) is 11.0. The molecule has 1 heterocycles. The molecular weight excluding hydrogens is 400 g/mol. The Hall–Kier alpha value is -2.26. The highest BCUT2D eigenvalue weighted by Gasteiger charge is 2.39. The summed E-state index contributed by atoms with van der Waals surface area (Å²) in [5.74, 6) is -1.71. The van der Waals surface area contributed by atoms with E-state index >= 15 is 0 Å². The van der Waals surface area contributed by atoms with Crippen LogP contribution in [0.4, 0.5) is 0 Å². The molecular formula is C22H36N4O5. The lowest BCUT2D eigenvalue weighted by Gasteiger charge is -2.38. The Morgan fingerprint density at radius 2 is 2.06 bits per heavy atom. The lowest BCUT2D eigenvalue weighted by molar-refractivity contribution is -0.142. The predicted octanol–water partition coefficient (Wildman–Crippen LogP) is 2.56. The summed E-state index contributed by atoms with van der Waals surface area (Å²) in [5, 5.41) is 31.0. The number of amides is 1. The van der Waals surface area contributed by atoms with Crippen LogP contribution >= 0.6 is 0 Å². The van der Waals surface area contributed by atoms with Crippen LogP contribution in [0.2, 0.25) is 0 Å². The van der Waals surface area contributed by atoms with Crippen molar-refractivity contribution in [3.05, 3.63) is 18.0 Å². The van der Waals surface area contributed by atoms with Crippen molar-refractivity contribution in [3.8, 4) is 0 Å². The van der Waals surface area contributed by atoms with Crippen molar-refractivity contribution in [1.82, 2.24) is 20.3 Å². The molecule has 0 aromatic carbocycles. The highest BCUT2D eigenvalue weighted by molar-refractivity contribution is 5.79. The Labute approximate surface area is 183 Å². The zero-order valence-electron chi connectivity index (χ0n) is 19.3. The molecule has 2 rings (SSSR count). The molecule has 3 unspecified atom stereocenters. The van der Waals surface area contributed by atoms with Gasteiger partial charge in [0.2, 0.25) is 5.91 Å². The zero-order chi connectivity index (χ0) is 23.3. The maximum Gasteiger partial charge on any atom is 0.310 e. The van der Waals surface area contributed by atoms with Gasteiger partial charge >= 0.3 is 5.97 Å². The number of nitrogens with zero attached hydrogens (tertiary/aromatic N) is 3. The molecule has 3 N–H and O–H groups in total. The maximum absolute atomic E-state index is 12.0. The number of carboxylic acid groups (broad SMARTS) is 1. The summed E-state index contributed by atoms with van der Waals surface area (Å²) in [7, 11) is 0. The van der Waals surface area contributed by atoms with Crippen molar-refractivity contribution in [1.29, 1.82) is 0 Å². The van der Waals surface area contributed by atoms with Crippen LogP contribution in [0.15, 0.2) is 12.3 Å². The van der Waals surface area contributed by atoms with E-state index < -0.39 is 29.6 Å². The fourth-order valence-electron chi connectivity index (χ4n) is 4.03. The smallest absolute Gasteiger partial charge is 0.310 e. The molecule has 0 radical (unpaired) electrons. The predicted molar refractivity (Wildman–Crippen MR) is 116 cm³/mol. The second-order valence-corrected chi connectivity index (χ2v) is 8.94. The molecule has 1 aromatic heterocycles. The van der Waals surface area contributed by atoms with Crippen LogP contribution in [-0.2, 0) is 19.9 Å². The molecule has 1 amide bonds. The summed E-state index contributed by atoms with van der Waals surface area (Å²) in [6, 6.07) is -0.590. The van der Waals surface area contributed by atoms with Gasteiger partial charge in [0, 0.05) is 6.92 Å². The number of hydrogen-bond acceptors (Lipinski definition) is 6. The van der Waals surface area contributed by atoms with E-state index in [1.54, 1.807) is 26.1 Å². The molecule has 0 bridgehead atoms. The largest absolute Gasteiger partial charge is 0.481 e. The number of carboxylic acids is 1. The molecule has 5 atom stereocenters.